The highest BCUT2D eigenvalue weighted by Gasteiger charge is 2.23. The second kappa shape index (κ2) is 5.26. The van der Waals surface area contributed by atoms with E-state index in [-0.39, 0.29) is 11.8 Å². The van der Waals surface area contributed by atoms with E-state index in [1.54, 1.807) is 4.68 Å². The van der Waals surface area contributed by atoms with E-state index in [0.29, 0.717) is 5.82 Å². The van der Waals surface area contributed by atoms with Gasteiger partial charge >= 0.3 is 0 Å². The van der Waals surface area contributed by atoms with Gasteiger partial charge in [-0.1, -0.05) is 26.2 Å². The lowest BCUT2D eigenvalue weighted by Crippen LogP contribution is -2.25. The van der Waals surface area contributed by atoms with E-state index >= 15 is 0 Å². The number of hydrogen-bond donors (Lipinski definition) is 2. The van der Waals surface area contributed by atoms with Crippen molar-refractivity contribution in [3.63, 3.8) is 0 Å². The van der Waals surface area contributed by atoms with Crippen LogP contribution in [0.15, 0.2) is 0 Å². The number of carbonyl (C=O) groups is 1. The van der Waals surface area contributed by atoms with E-state index in [4.69, 9.17) is 0 Å². The highest BCUT2D eigenvalue weighted by atomic mass is 16.2. The van der Waals surface area contributed by atoms with E-state index in [0.717, 1.165) is 48.8 Å². The maximum absolute atomic E-state index is 12.3. The van der Waals surface area contributed by atoms with Crippen LogP contribution in [0.1, 0.15) is 44.7 Å². The number of H-pyrrole nitrogens is 1. The summed E-state index contributed by atoms with van der Waals surface area (Å²) in [5, 5.41) is 15.6. The maximum atomic E-state index is 12.3. The zero-order chi connectivity index (χ0) is 14.1. The van der Waals surface area contributed by atoms with Crippen LogP contribution in [0.4, 0.5) is 5.82 Å². The van der Waals surface area contributed by atoms with Crippen molar-refractivity contribution in [2.24, 2.45) is 13.0 Å². The molecule has 0 radical (unpaired) electrons. The summed E-state index contributed by atoms with van der Waals surface area (Å²) < 4.78 is 1.75. The van der Waals surface area contributed by atoms with Gasteiger partial charge in [-0.15, -0.1) is 0 Å². The summed E-state index contributed by atoms with van der Waals surface area (Å²) in [6, 6.07) is 0. The molecule has 1 fully saturated rings. The van der Waals surface area contributed by atoms with Crippen molar-refractivity contribution >= 4 is 22.8 Å². The van der Waals surface area contributed by atoms with Crippen molar-refractivity contribution in [3.8, 4) is 0 Å². The number of hydrogen-bond acceptors (Lipinski definition) is 3. The highest BCUT2D eigenvalue weighted by molar-refractivity contribution is 6.00. The second-order valence-electron chi connectivity index (χ2n) is 5.55. The number of nitrogens with one attached hydrogen (secondary N) is 2. The summed E-state index contributed by atoms with van der Waals surface area (Å²) >= 11 is 0. The van der Waals surface area contributed by atoms with Crippen LogP contribution in [-0.4, -0.2) is 25.9 Å². The number of aromatic amines is 1. The highest BCUT2D eigenvalue weighted by Crippen LogP contribution is 2.28. The number of anilines is 1. The van der Waals surface area contributed by atoms with E-state index in [1.165, 1.54) is 6.42 Å². The van der Waals surface area contributed by atoms with Gasteiger partial charge in [-0.2, -0.15) is 10.2 Å². The molecule has 6 nitrogen and oxygen atoms in total. The molecule has 0 bridgehead atoms. The zero-order valence-electron chi connectivity index (χ0n) is 12.1. The van der Waals surface area contributed by atoms with Crippen LogP contribution in [0.3, 0.4) is 0 Å². The number of rotatable bonds is 3. The molecular formula is C14H21N5O. The van der Waals surface area contributed by atoms with Crippen LogP contribution >= 0.6 is 0 Å². The largest absolute Gasteiger partial charge is 0.310 e. The molecule has 2 aromatic heterocycles. The molecule has 0 unspecified atom stereocenters. The zero-order valence-corrected chi connectivity index (χ0v) is 12.1. The number of nitrogens with zero attached hydrogens (tertiary/aromatic N) is 3. The maximum Gasteiger partial charge on any atom is 0.228 e. The van der Waals surface area contributed by atoms with Crippen LogP contribution in [0, 0.1) is 5.92 Å². The predicted octanol–water partition coefficient (Wildman–Crippen LogP) is 2.38. The minimum absolute atomic E-state index is 0.112. The van der Waals surface area contributed by atoms with Crippen LogP contribution < -0.4 is 5.32 Å². The molecule has 6 heteroatoms. The number of fused-ring (bicyclic) bond motifs is 1. The summed E-state index contributed by atoms with van der Waals surface area (Å²) in [5.41, 5.74) is 1.76. The summed E-state index contributed by atoms with van der Waals surface area (Å²) in [6.07, 6.45) is 6.38. The molecule has 1 aliphatic carbocycles. The fraction of sp³-hybridized carbons (Fsp3) is 0.643. The molecule has 1 amide bonds. The quantitative estimate of drug-likeness (QED) is 0.903. The van der Waals surface area contributed by atoms with E-state index in [2.05, 4.69) is 27.5 Å². The van der Waals surface area contributed by atoms with Gasteiger partial charge < -0.3 is 5.32 Å². The first-order valence-corrected chi connectivity index (χ1v) is 7.41. The summed E-state index contributed by atoms with van der Waals surface area (Å²) in [6.45, 7) is 2.06. The van der Waals surface area contributed by atoms with Crippen molar-refractivity contribution in [2.75, 3.05) is 5.32 Å². The Balaban J connectivity index is 1.85. The van der Waals surface area contributed by atoms with Gasteiger partial charge in [0.2, 0.25) is 5.91 Å². The van der Waals surface area contributed by atoms with Gasteiger partial charge in [-0.05, 0) is 19.3 Å². The number of aromatic nitrogens is 4. The third-order valence-corrected chi connectivity index (χ3v) is 4.17. The SMILES string of the molecule is CCc1nn(C)c2n[nH]c(NC(=O)C3CCCCC3)c12. The first-order valence-electron chi connectivity index (χ1n) is 7.41. The smallest absolute Gasteiger partial charge is 0.228 e. The lowest BCUT2D eigenvalue weighted by Gasteiger charge is -2.20. The van der Waals surface area contributed by atoms with Crippen molar-refractivity contribution < 1.29 is 4.79 Å². The van der Waals surface area contributed by atoms with Gasteiger partial charge in [0.05, 0.1) is 11.1 Å². The Bertz CT molecular complexity index is 621. The van der Waals surface area contributed by atoms with Crippen LogP contribution in [0.25, 0.3) is 11.0 Å². The van der Waals surface area contributed by atoms with Gasteiger partial charge in [0, 0.05) is 13.0 Å². The summed E-state index contributed by atoms with van der Waals surface area (Å²) in [5.74, 6) is 0.950. The first kappa shape index (κ1) is 13.1. The summed E-state index contributed by atoms with van der Waals surface area (Å²) in [7, 11) is 1.87. The number of carbonyl (C=O) groups excluding carboxylic acids is 1. The molecule has 2 heterocycles. The molecule has 0 atom stereocenters. The minimum atomic E-state index is 0.112. The third-order valence-electron chi connectivity index (χ3n) is 4.17. The third kappa shape index (κ3) is 2.19. The van der Waals surface area contributed by atoms with Crippen molar-refractivity contribution in [3.05, 3.63) is 5.69 Å². The molecular weight excluding hydrogens is 254 g/mol. The number of amides is 1. The van der Waals surface area contributed by atoms with E-state index < -0.39 is 0 Å². The lowest BCUT2D eigenvalue weighted by atomic mass is 9.89. The molecule has 1 aliphatic rings. The topological polar surface area (TPSA) is 75.6 Å². The fourth-order valence-electron chi connectivity index (χ4n) is 3.05. The Morgan fingerprint density at radius 1 is 1.40 bits per heavy atom. The van der Waals surface area contributed by atoms with Crippen molar-refractivity contribution in [1.29, 1.82) is 0 Å². The first-order chi connectivity index (χ1) is 9.70. The molecule has 0 spiro atoms. The monoisotopic (exact) mass is 275 g/mol. The minimum Gasteiger partial charge on any atom is -0.310 e. The van der Waals surface area contributed by atoms with Crippen molar-refractivity contribution in [1.82, 2.24) is 20.0 Å². The molecule has 2 aromatic rings. The molecule has 0 aromatic carbocycles. The van der Waals surface area contributed by atoms with E-state index in [1.807, 2.05) is 7.05 Å². The Morgan fingerprint density at radius 2 is 2.15 bits per heavy atom. The Kier molecular flexibility index (Phi) is 3.46. The molecule has 3 rings (SSSR count). The van der Waals surface area contributed by atoms with Gasteiger partial charge in [0.15, 0.2) is 5.65 Å². The van der Waals surface area contributed by atoms with Crippen LogP contribution in [0.2, 0.25) is 0 Å². The molecule has 20 heavy (non-hydrogen) atoms. The molecule has 108 valence electrons. The molecule has 2 N–H and O–H groups in total. The summed E-state index contributed by atoms with van der Waals surface area (Å²) in [4.78, 5) is 12.3. The Hall–Kier alpha value is -1.85. The molecule has 0 aliphatic heterocycles. The Labute approximate surface area is 117 Å². The Morgan fingerprint density at radius 3 is 2.85 bits per heavy atom. The average molecular weight is 275 g/mol. The predicted molar refractivity (Wildman–Crippen MR) is 77.4 cm³/mol. The second-order valence-corrected chi connectivity index (χ2v) is 5.55. The fourth-order valence-corrected chi connectivity index (χ4v) is 3.05. The van der Waals surface area contributed by atoms with E-state index in [9.17, 15) is 4.79 Å². The van der Waals surface area contributed by atoms with Crippen LogP contribution in [0.5, 0.6) is 0 Å². The van der Waals surface area contributed by atoms with Gasteiger partial charge in [0.1, 0.15) is 5.82 Å². The number of aryl methyl sites for hydroxylation is 2. The average Bonchev–Trinajstić information content (AvgIpc) is 3.02. The van der Waals surface area contributed by atoms with Gasteiger partial charge in [-0.25, -0.2) is 4.68 Å². The molecule has 1 saturated carbocycles. The van der Waals surface area contributed by atoms with Gasteiger partial charge in [-0.3, -0.25) is 9.89 Å². The van der Waals surface area contributed by atoms with Gasteiger partial charge in [0.25, 0.3) is 0 Å². The normalized spacial score (nSPS) is 16.7. The van der Waals surface area contributed by atoms with Crippen molar-refractivity contribution in [2.45, 2.75) is 45.4 Å². The standard InChI is InChI=1S/C14H21N5O/c1-3-10-11-12(16-17-13(11)19(2)18-10)15-14(20)9-7-5-4-6-8-9/h9H,3-8H2,1-2H3,(H2,15,16,17,20). The van der Waals surface area contributed by atoms with Crippen LogP contribution in [-0.2, 0) is 18.3 Å². The lowest BCUT2D eigenvalue weighted by molar-refractivity contribution is -0.120. The molecule has 0 saturated heterocycles.